The Kier molecular flexibility index (Phi) is 19.0. The van der Waals surface area contributed by atoms with Gasteiger partial charge in [0, 0.05) is 12.2 Å². The predicted octanol–water partition coefficient (Wildman–Crippen LogP) is 2.89. The van der Waals surface area contributed by atoms with E-state index in [0.717, 1.165) is 18.4 Å². The molecule has 8 nitrogen and oxygen atoms in total. The minimum absolute atomic E-state index is 0. The first-order chi connectivity index (χ1) is 13.7. The van der Waals surface area contributed by atoms with Crippen LogP contribution in [-0.4, -0.2) is 42.2 Å². The number of hydrogen-bond acceptors (Lipinski definition) is 5. The molecule has 0 bridgehead atoms. The van der Waals surface area contributed by atoms with Crippen molar-refractivity contribution in [3.63, 3.8) is 0 Å². The third-order valence-corrected chi connectivity index (χ3v) is 2.94. The number of alkyl carbamates (subject to hydrolysis) is 1. The largest absolute Gasteiger partial charge is 0.522 e. The second-order valence-corrected chi connectivity index (χ2v) is 6.64. The average Bonchev–Trinajstić information content (AvgIpc) is 2.68. The first-order valence-electron chi connectivity index (χ1n) is 9.28. The van der Waals surface area contributed by atoms with Crippen LogP contribution in [0.4, 0.5) is 10.5 Å². The molecule has 0 saturated carbocycles. The van der Waals surface area contributed by atoms with Gasteiger partial charge in [-0.05, 0) is 44.9 Å². The molecule has 0 heterocycles. The Labute approximate surface area is 173 Å². The van der Waals surface area contributed by atoms with Gasteiger partial charge in [-0.25, -0.2) is 4.79 Å². The van der Waals surface area contributed by atoms with Gasteiger partial charge in [-0.15, -0.1) is 13.2 Å². The van der Waals surface area contributed by atoms with E-state index in [1.807, 2.05) is 20.8 Å². The SMILES string of the molecule is C=C.CCCCNC(=O)OC(C)(C)C.O=[C-]NCC(=O)Nc1ccc(CO)cc1.[Fm]. The zero-order valence-electron chi connectivity index (χ0n) is 18.1. The molecule has 1 aromatic rings. The number of unbranched alkanes of at least 4 members (excludes halogenated alkanes) is 1. The fourth-order valence-electron chi connectivity index (χ4n) is 1.70. The van der Waals surface area contributed by atoms with Gasteiger partial charge in [-0.1, -0.05) is 25.5 Å². The van der Waals surface area contributed by atoms with Gasteiger partial charge >= 0.3 is 6.09 Å². The van der Waals surface area contributed by atoms with Crippen molar-refractivity contribution in [3.8, 4) is 0 Å². The smallest absolute Gasteiger partial charge is 0.407 e. The molecule has 3 amide bonds. The van der Waals surface area contributed by atoms with Gasteiger partial charge in [0.2, 0.25) is 5.91 Å². The molecule has 9 heteroatoms. The minimum atomic E-state index is -0.393. The molecule has 0 aliphatic heterocycles. The normalized spacial score (nSPS) is 9.23. The maximum atomic E-state index is 11.1. The summed E-state index contributed by atoms with van der Waals surface area (Å²) >= 11 is 0. The first-order valence-corrected chi connectivity index (χ1v) is 9.28. The molecule has 1 rings (SSSR count). The molecule has 0 radical (unpaired) electrons. The third-order valence-electron chi connectivity index (χ3n) is 2.94. The molecule has 30 heavy (non-hydrogen) atoms. The summed E-state index contributed by atoms with van der Waals surface area (Å²) in [6, 6.07) is 6.76. The third kappa shape index (κ3) is 18.9. The van der Waals surface area contributed by atoms with E-state index in [2.05, 4.69) is 36.0 Å². The number of ether oxygens (including phenoxy) is 1. The van der Waals surface area contributed by atoms with Crippen LogP contribution >= 0.6 is 0 Å². The molecule has 1 aromatic carbocycles. The van der Waals surface area contributed by atoms with E-state index in [4.69, 9.17) is 9.84 Å². The van der Waals surface area contributed by atoms with Gasteiger partial charge in [0.15, 0.2) is 0 Å². The van der Waals surface area contributed by atoms with E-state index in [1.54, 1.807) is 24.3 Å². The number of carbonyl (C=O) groups excluding carboxylic acids is 3. The molecule has 0 spiro atoms. The Bertz CT molecular complexity index is 589. The average molecular weight is 666 g/mol. The molecule has 0 aliphatic rings. The number of anilines is 1. The monoisotopic (exact) mass is 665 g/mol. The van der Waals surface area contributed by atoms with E-state index in [0.29, 0.717) is 12.2 Å². The predicted molar refractivity (Wildman–Crippen MR) is 115 cm³/mol. The molecular weight excluding hydrogens is 631 g/mol. The van der Waals surface area contributed by atoms with Gasteiger partial charge in [-0.3, -0.25) is 4.79 Å². The summed E-state index contributed by atoms with van der Waals surface area (Å²) in [6.07, 6.45) is 3.16. The first kappa shape index (κ1) is 30.8. The van der Waals surface area contributed by atoms with Gasteiger partial charge in [0.1, 0.15) is 5.60 Å². The zero-order chi connectivity index (χ0) is 22.7. The van der Waals surface area contributed by atoms with Crippen LogP contribution in [0.15, 0.2) is 37.4 Å². The zero-order valence-corrected chi connectivity index (χ0v) is 20.5. The topological polar surface area (TPSA) is 117 Å². The molecular formula is C21H34FmN3O5-. The van der Waals surface area contributed by atoms with Gasteiger partial charge in [0.25, 0.3) is 0 Å². The fourth-order valence-corrected chi connectivity index (χ4v) is 1.70. The number of hydrogen-bond donors (Lipinski definition) is 4. The van der Waals surface area contributed by atoms with Gasteiger partial charge in [0.05, 0.1) is 13.2 Å². The van der Waals surface area contributed by atoms with E-state index in [-0.39, 0.29) is 25.2 Å². The second-order valence-electron chi connectivity index (χ2n) is 6.64. The maximum Gasteiger partial charge on any atom is 0.407 e. The van der Waals surface area contributed by atoms with E-state index in [1.165, 1.54) is 6.41 Å². The Morgan fingerprint density at radius 2 is 1.73 bits per heavy atom. The number of aliphatic hydroxyl groups is 1. The van der Waals surface area contributed by atoms with E-state index in [9.17, 15) is 14.4 Å². The number of nitrogens with one attached hydrogen (secondary N) is 3. The van der Waals surface area contributed by atoms with Crippen LogP contribution < -0.4 is 16.0 Å². The van der Waals surface area contributed by atoms with Crippen molar-refractivity contribution >= 4 is 24.1 Å². The van der Waals surface area contributed by atoms with Crippen molar-refractivity contribution in [1.29, 1.82) is 0 Å². The minimum Gasteiger partial charge on any atom is -0.522 e. The van der Waals surface area contributed by atoms with Gasteiger partial charge in [-0.2, -0.15) is 6.41 Å². The number of carbonyl (C=O) groups is 2. The maximum absolute atomic E-state index is 11.1. The number of amides is 3. The molecule has 0 unspecified atom stereocenters. The number of rotatable bonds is 8. The Morgan fingerprint density at radius 1 is 1.17 bits per heavy atom. The summed E-state index contributed by atoms with van der Waals surface area (Å²) in [5.74, 6) is -0.324. The molecule has 0 fully saturated rings. The van der Waals surface area contributed by atoms with Crippen molar-refractivity contribution in [1.82, 2.24) is 10.6 Å². The van der Waals surface area contributed by atoms with E-state index >= 15 is 0 Å². The van der Waals surface area contributed by atoms with Crippen molar-refractivity contribution in [2.45, 2.75) is 52.7 Å². The fraction of sp³-hybridized carbons (Fsp3) is 0.476. The molecule has 4 N–H and O–H groups in total. The quantitative estimate of drug-likeness (QED) is 0.148. The molecule has 0 atom stereocenters. The summed E-state index contributed by atoms with van der Waals surface area (Å²) in [6.45, 7) is 14.2. The molecule has 0 saturated heterocycles. The van der Waals surface area contributed by atoms with Crippen LogP contribution in [0.5, 0.6) is 0 Å². The Hall–Kier alpha value is -3.87. The number of aliphatic hydroxyl groups excluding tert-OH is 1. The molecule has 176 valence electrons. The number of benzene rings is 1. The van der Waals surface area contributed by atoms with E-state index < -0.39 is 5.60 Å². The van der Waals surface area contributed by atoms with Crippen LogP contribution in [0, 0.1) is 0 Å². The van der Waals surface area contributed by atoms with Crippen LogP contribution in [-0.2, 0) is 20.9 Å². The van der Waals surface area contributed by atoms with Crippen LogP contribution in [0.25, 0.3) is 0 Å². The summed E-state index contributed by atoms with van der Waals surface area (Å²) in [5.41, 5.74) is 0.994. The summed E-state index contributed by atoms with van der Waals surface area (Å²) in [7, 11) is 0. The molecule has 0 aromatic heterocycles. The molecule has 0 aliphatic carbocycles. The van der Waals surface area contributed by atoms with Crippen molar-refractivity contribution in [2.75, 3.05) is 18.4 Å². The van der Waals surface area contributed by atoms with Crippen molar-refractivity contribution in [2.24, 2.45) is 0 Å². The van der Waals surface area contributed by atoms with Crippen LogP contribution in [0.2, 0.25) is 0 Å². The van der Waals surface area contributed by atoms with Crippen molar-refractivity contribution in [3.05, 3.63) is 43.0 Å². The Balaban J connectivity index is -0.000000445. The van der Waals surface area contributed by atoms with Crippen LogP contribution in [0.3, 0.4) is 0 Å². The van der Waals surface area contributed by atoms with Crippen molar-refractivity contribution < 1.29 is 24.2 Å². The standard InChI is InChI=1S/C10H11N2O3.C9H19NO2.C2H4.Fm/c13-6-8-1-3-9(4-2-8)12-10(15)5-11-7-14;1-5-6-7-10-8(11)12-9(2,3)4;1-2;/h1-4,13H,5-6H2,(H,11,14)(H,12,15);5-7H2,1-4H3,(H,10,11);1-2H2;/q-1;;;. The van der Waals surface area contributed by atoms with Crippen LogP contribution in [0.1, 0.15) is 46.1 Å². The van der Waals surface area contributed by atoms with Gasteiger partial charge < -0.3 is 30.6 Å². The summed E-state index contributed by atoms with van der Waals surface area (Å²) in [5, 5.41) is 16.2. The summed E-state index contributed by atoms with van der Waals surface area (Å²) < 4.78 is 5.03. The Morgan fingerprint density at radius 3 is 2.17 bits per heavy atom. The summed E-state index contributed by atoms with van der Waals surface area (Å²) in [4.78, 5) is 31.9. The second kappa shape index (κ2) is 18.5.